The van der Waals surface area contributed by atoms with Gasteiger partial charge >= 0.3 is 6.18 Å². The van der Waals surface area contributed by atoms with Gasteiger partial charge in [0.1, 0.15) is 11.6 Å². The highest BCUT2D eigenvalue weighted by atomic mass is 19.4. The number of hydrogen-bond donors (Lipinski definition) is 1. The van der Waals surface area contributed by atoms with Crippen LogP contribution < -0.4 is 0 Å². The normalized spacial score (nSPS) is 18.4. The van der Waals surface area contributed by atoms with Gasteiger partial charge in [0.05, 0.1) is 12.2 Å². The predicted molar refractivity (Wildman–Crippen MR) is 112 cm³/mol. The lowest BCUT2D eigenvalue weighted by Crippen LogP contribution is -2.32. The molecule has 1 N–H and O–H groups in total. The molecule has 2 heterocycles. The van der Waals surface area contributed by atoms with Gasteiger partial charge in [-0.1, -0.05) is 13.0 Å². The summed E-state index contributed by atoms with van der Waals surface area (Å²) in [5.74, 6) is -1.56. The van der Waals surface area contributed by atoms with Crippen LogP contribution in [0.1, 0.15) is 40.9 Å². The second kappa shape index (κ2) is 8.65. The molecule has 0 bridgehead atoms. The monoisotopic (exact) mass is 450 g/mol. The Kier molecular flexibility index (Phi) is 6.07. The van der Waals surface area contributed by atoms with Gasteiger partial charge in [0, 0.05) is 29.9 Å². The van der Waals surface area contributed by atoms with Crippen molar-refractivity contribution >= 4 is 16.7 Å². The number of alkyl halides is 3. The van der Waals surface area contributed by atoms with E-state index < -0.39 is 24.4 Å². The molecule has 1 fully saturated rings. The molecule has 0 saturated carbocycles. The van der Waals surface area contributed by atoms with Gasteiger partial charge in [-0.2, -0.15) is 13.2 Å². The molecule has 1 aliphatic rings. The Morgan fingerprint density at radius 3 is 2.53 bits per heavy atom. The number of ketones is 1. The summed E-state index contributed by atoms with van der Waals surface area (Å²) in [7, 11) is 0. The molecule has 0 aliphatic carbocycles. The molecule has 32 heavy (non-hydrogen) atoms. The summed E-state index contributed by atoms with van der Waals surface area (Å²) in [4.78, 5) is 17.1. The molecule has 170 valence electrons. The number of likely N-dealkylation sites (tertiary alicyclic amines) is 1. The predicted octanol–water partition coefficient (Wildman–Crippen LogP) is 5.86. The second-order valence-corrected chi connectivity index (χ2v) is 8.60. The van der Waals surface area contributed by atoms with E-state index in [4.69, 9.17) is 0 Å². The molecule has 3 nitrogen and oxygen atoms in total. The highest BCUT2D eigenvalue weighted by Gasteiger charge is 2.36. The third-order valence-corrected chi connectivity index (χ3v) is 6.18. The molecule has 1 saturated heterocycles. The largest absolute Gasteiger partial charge is 0.401 e. The number of nitrogens with one attached hydrogen (secondary N) is 1. The van der Waals surface area contributed by atoms with Crippen molar-refractivity contribution in [1.29, 1.82) is 0 Å². The number of aromatic amines is 1. The molecule has 0 amide bonds. The number of H-pyrrole nitrogens is 1. The van der Waals surface area contributed by atoms with Crippen molar-refractivity contribution in [3.63, 3.8) is 0 Å². The lowest BCUT2D eigenvalue weighted by Gasteiger charge is -2.21. The zero-order chi connectivity index (χ0) is 23.0. The van der Waals surface area contributed by atoms with Crippen LogP contribution in [0.25, 0.3) is 10.9 Å². The van der Waals surface area contributed by atoms with Crippen molar-refractivity contribution in [2.45, 2.75) is 31.9 Å². The minimum Gasteiger partial charge on any atom is -0.352 e. The fourth-order valence-corrected chi connectivity index (χ4v) is 4.52. The Hall–Kier alpha value is -2.74. The van der Waals surface area contributed by atoms with E-state index in [1.165, 1.54) is 4.90 Å². The Morgan fingerprint density at radius 1 is 1.12 bits per heavy atom. The van der Waals surface area contributed by atoms with Gasteiger partial charge in [-0.15, -0.1) is 0 Å². The van der Waals surface area contributed by atoms with Crippen molar-refractivity contribution in [2.24, 2.45) is 5.92 Å². The quantitative estimate of drug-likeness (QED) is 0.377. The number of aromatic nitrogens is 1. The summed E-state index contributed by atoms with van der Waals surface area (Å²) >= 11 is 0. The zero-order valence-corrected chi connectivity index (χ0v) is 17.5. The number of Topliss-reactive ketones (excluding diaryl/α,β-unsaturated/α-hetero) is 1. The molecule has 0 spiro atoms. The lowest BCUT2D eigenvalue weighted by molar-refractivity contribution is -0.143. The third-order valence-electron chi connectivity index (χ3n) is 6.18. The van der Waals surface area contributed by atoms with Crippen LogP contribution in [0, 0.1) is 17.6 Å². The van der Waals surface area contributed by atoms with Crippen molar-refractivity contribution in [3.05, 3.63) is 70.9 Å². The van der Waals surface area contributed by atoms with Gasteiger partial charge < -0.3 is 4.98 Å². The lowest BCUT2D eigenvalue weighted by atomic mass is 9.86. The van der Waals surface area contributed by atoms with E-state index in [-0.39, 0.29) is 29.6 Å². The van der Waals surface area contributed by atoms with Gasteiger partial charge in [0.25, 0.3) is 0 Å². The van der Waals surface area contributed by atoms with Gasteiger partial charge in [-0.3, -0.25) is 9.69 Å². The second-order valence-electron chi connectivity index (χ2n) is 8.60. The maximum absolute atomic E-state index is 13.4. The smallest absolute Gasteiger partial charge is 0.352 e. The van der Waals surface area contributed by atoms with E-state index >= 15 is 0 Å². The van der Waals surface area contributed by atoms with Gasteiger partial charge in [0.2, 0.25) is 0 Å². The van der Waals surface area contributed by atoms with E-state index in [0.29, 0.717) is 25.2 Å². The first-order valence-electron chi connectivity index (χ1n) is 10.5. The minimum absolute atomic E-state index is 0.0713. The molecule has 1 aromatic heterocycles. The highest BCUT2D eigenvalue weighted by molar-refractivity contribution is 6.00. The SMILES string of the molecule is C[C@@H](c1ccc2[nH]c(C(=O)Cc3cc(F)cc(F)c3)cc2c1)[C@H]1CCN(CC(F)(F)F)C1. The molecule has 2 atom stereocenters. The van der Waals surface area contributed by atoms with E-state index in [2.05, 4.69) is 4.98 Å². The first kappa shape index (κ1) is 22.5. The average molecular weight is 450 g/mol. The van der Waals surface area contributed by atoms with E-state index in [1.54, 1.807) is 6.07 Å². The van der Waals surface area contributed by atoms with Gasteiger partial charge in [0.15, 0.2) is 5.78 Å². The van der Waals surface area contributed by atoms with Crippen LogP contribution in [0.2, 0.25) is 0 Å². The molecule has 3 aromatic rings. The summed E-state index contributed by atoms with van der Waals surface area (Å²) in [6, 6.07) is 10.4. The molecule has 0 unspecified atom stereocenters. The summed E-state index contributed by atoms with van der Waals surface area (Å²) < 4.78 is 64.8. The Labute approximate surface area is 182 Å². The number of benzene rings is 2. The number of carbonyl (C=O) groups is 1. The Morgan fingerprint density at radius 2 is 1.84 bits per heavy atom. The highest BCUT2D eigenvalue weighted by Crippen LogP contribution is 2.34. The summed E-state index contributed by atoms with van der Waals surface area (Å²) in [5, 5.41) is 0.813. The first-order valence-corrected chi connectivity index (χ1v) is 10.5. The van der Waals surface area contributed by atoms with Crippen molar-refractivity contribution in [3.8, 4) is 0 Å². The van der Waals surface area contributed by atoms with Crippen LogP contribution in [-0.2, 0) is 6.42 Å². The molecule has 1 aliphatic heterocycles. The van der Waals surface area contributed by atoms with Crippen LogP contribution in [-0.4, -0.2) is 41.5 Å². The molecule has 0 radical (unpaired) electrons. The number of nitrogens with zero attached hydrogens (tertiary/aromatic N) is 1. The summed E-state index contributed by atoms with van der Waals surface area (Å²) in [6.45, 7) is 1.97. The van der Waals surface area contributed by atoms with E-state index in [1.807, 2.05) is 25.1 Å². The standard InChI is InChI=1S/C24H23F5N2O/c1-14(17-4-5-31(12-17)13-24(27,28)29)16-2-3-21-18(9-16)10-22(30-21)23(32)8-15-6-19(25)11-20(26)7-15/h2-3,6-7,9-11,14,17,30H,4-5,8,12-13H2,1H3/t14-,17-/m0/s1. The van der Waals surface area contributed by atoms with Crippen LogP contribution in [0.3, 0.4) is 0 Å². The van der Waals surface area contributed by atoms with Crippen LogP contribution in [0.5, 0.6) is 0 Å². The third kappa shape index (κ3) is 5.18. The first-order chi connectivity index (χ1) is 15.1. The average Bonchev–Trinajstić information content (AvgIpc) is 3.31. The van der Waals surface area contributed by atoms with Gasteiger partial charge in [-0.05, 0) is 66.3 Å². The van der Waals surface area contributed by atoms with E-state index in [0.717, 1.165) is 34.7 Å². The number of rotatable bonds is 6. The number of carbonyl (C=O) groups excluding carboxylic acids is 1. The fraction of sp³-hybridized carbons (Fsp3) is 0.375. The maximum atomic E-state index is 13.4. The molecule has 2 aromatic carbocycles. The van der Waals surface area contributed by atoms with Crippen LogP contribution in [0.15, 0.2) is 42.5 Å². The van der Waals surface area contributed by atoms with Crippen molar-refractivity contribution < 1.29 is 26.7 Å². The maximum Gasteiger partial charge on any atom is 0.401 e. The van der Waals surface area contributed by atoms with Gasteiger partial charge in [-0.25, -0.2) is 8.78 Å². The van der Waals surface area contributed by atoms with Crippen LogP contribution >= 0.6 is 0 Å². The van der Waals surface area contributed by atoms with Crippen molar-refractivity contribution in [2.75, 3.05) is 19.6 Å². The summed E-state index contributed by atoms with van der Waals surface area (Å²) in [5.41, 5.74) is 2.35. The zero-order valence-electron chi connectivity index (χ0n) is 17.5. The Balaban J connectivity index is 1.47. The molecular weight excluding hydrogens is 427 g/mol. The minimum atomic E-state index is -4.19. The Bertz CT molecular complexity index is 1120. The summed E-state index contributed by atoms with van der Waals surface area (Å²) in [6.07, 6.45) is -3.62. The number of hydrogen-bond acceptors (Lipinski definition) is 2. The fourth-order valence-electron chi connectivity index (χ4n) is 4.52. The van der Waals surface area contributed by atoms with Crippen molar-refractivity contribution in [1.82, 2.24) is 9.88 Å². The molecule has 8 heteroatoms. The molecule has 4 rings (SSSR count). The molecular formula is C24H23F5N2O. The van der Waals surface area contributed by atoms with Crippen LogP contribution in [0.4, 0.5) is 22.0 Å². The van der Waals surface area contributed by atoms with E-state index in [9.17, 15) is 26.7 Å². The number of fused-ring (bicyclic) bond motifs is 1. The number of halogens is 5. The topological polar surface area (TPSA) is 36.1 Å².